The molecule has 0 amide bonds. The van der Waals surface area contributed by atoms with Crippen molar-refractivity contribution in [3.8, 4) is 0 Å². The van der Waals surface area contributed by atoms with Crippen LogP contribution in [0.15, 0.2) is 0 Å². The summed E-state index contributed by atoms with van der Waals surface area (Å²) in [6.07, 6.45) is 6.40. The van der Waals surface area contributed by atoms with Crippen LogP contribution in [-0.2, 0) is 9.59 Å². The van der Waals surface area contributed by atoms with Crippen molar-refractivity contribution < 1.29 is 14.7 Å². The van der Waals surface area contributed by atoms with Crippen molar-refractivity contribution in [1.82, 2.24) is 0 Å². The van der Waals surface area contributed by atoms with Crippen LogP contribution in [0.3, 0.4) is 0 Å². The highest BCUT2D eigenvalue weighted by atomic mass is 16.4. The van der Waals surface area contributed by atoms with Crippen LogP contribution in [0.1, 0.15) is 38.5 Å². The van der Waals surface area contributed by atoms with Crippen molar-refractivity contribution in [3.05, 3.63) is 0 Å². The summed E-state index contributed by atoms with van der Waals surface area (Å²) in [4.78, 5) is 23.2. The molecule has 4 aliphatic rings. The van der Waals surface area contributed by atoms with Crippen LogP contribution < -0.4 is 5.73 Å². The molecule has 4 bridgehead atoms. The van der Waals surface area contributed by atoms with Gasteiger partial charge in [0.05, 0.1) is 0 Å². The molecule has 4 saturated carbocycles. The third-order valence-electron chi connectivity index (χ3n) is 5.11. The predicted molar refractivity (Wildman–Crippen MR) is 61.2 cm³/mol. The van der Waals surface area contributed by atoms with E-state index < -0.39 is 12.0 Å². The SMILES string of the molecule is NC(C(=O)O)C(=O)C12CC3CC(CC(C3)C1)C2. The maximum Gasteiger partial charge on any atom is 0.328 e. The molecule has 4 nitrogen and oxygen atoms in total. The Hall–Kier alpha value is -0.900. The topological polar surface area (TPSA) is 80.4 Å². The van der Waals surface area contributed by atoms with Crippen molar-refractivity contribution in [2.45, 2.75) is 44.6 Å². The number of hydrogen-bond donors (Lipinski definition) is 2. The van der Waals surface area contributed by atoms with E-state index >= 15 is 0 Å². The molecule has 4 fully saturated rings. The molecule has 0 aromatic rings. The van der Waals surface area contributed by atoms with E-state index in [1.54, 1.807) is 0 Å². The molecule has 0 aliphatic heterocycles. The lowest BCUT2D eigenvalue weighted by Crippen LogP contribution is -2.56. The molecule has 0 spiro atoms. The third-order valence-corrected chi connectivity index (χ3v) is 5.11. The van der Waals surface area contributed by atoms with E-state index in [2.05, 4.69) is 0 Å². The van der Waals surface area contributed by atoms with Crippen molar-refractivity contribution in [1.29, 1.82) is 0 Å². The van der Waals surface area contributed by atoms with Crippen molar-refractivity contribution >= 4 is 11.8 Å². The molecule has 1 atom stereocenters. The molecule has 4 rings (SSSR count). The largest absolute Gasteiger partial charge is 0.480 e. The highest BCUT2D eigenvalue weighted by Gasteiger charge is 2.55. The van der Waals surface area contributed by atoms with Crippen molar-refractivity contribution in [3.63, 3.8) is 0 Å². The Bertz CT molecular complexity index is 342. The second-order valence-electron chi connectivity index (χ2n) is 6.38. The molecule has 0 radical (unpaired) electrons. The first kappa shape index (κ1) is 11.2. The van der Waals surface area contributed by atoms with Crippen LogP contribution >= 0.6 is 0 Å². The highest BCUT2D eigenvalue weighted by Crippen LogP contribution is 2.60. The first-order valence-electron chi connectivity index (χ1n) is 6.53. The number of nitrogens with two attached hydrogens (primary N) is 1. The molecule has 0 heterocycles. The fourth-order valence-corrected chi connectivity index (χ4v) is 4.85. The van der Waals surface area contributed by atoms with Crippen LogP contribution in [0.4, 0.5) is 0 Å². The van der Waals surface area contributed by atoms with Gasteiger partial charge in [-0.25, -0.2) is 0 Å². The normalized spacial score (nSPS) is 44.6. The summed E-state index contributed by atoms with van der Waals surface area (Å²) in [5, 5.41) is 8.91. The van der Waals surface area contributed by atoms with E-state index in [-0.39, 0.29) is 11.2 Å². The van der Waals surface area contributed by atoms with Crippen molar-refractivity contribution in [2.75, 3.05) is 0 Å². The number of Topliss-reactive ketones (excluding diaryl/α,β-unsaturated/α-hetero) is 1. The summed E-state index contributed by atoms with van der Waals surface area (Å²) in [6.45, 7) is 0. The fraction of sp³-hybridized carbons (Fsp3) is 0.846. The Morgan fingerprint density at radius 2 is 1.47 bits per heavy atom. The van der Waals surface area contributed by atoms with E-state index in [4.69, 9.17) is 10.8 Å². The fourth-order valence-electron chi connectivity index (χ4n) is 4.85. The number of rotatable bonds is 3. The molecule has 4 heteroatoms. The van der Waals surface area contributed by atoms with Crippen LogP contribution in [0.5, 0.6) is 0 Å². The Morgan fingerprint density at radius 3 is 1.82 bits per heavy atom. The van der Waals surface area contributed by atoms with Gasteiger partial charge in [0, 0.05) is 5.41 Å². The molecule has 4 aliphatic carbocycles. The van der Waals surface area contributed by atoms with Crippen molar-refractivity contribution in [2.24, 2.45) is 28.9 Å². The number of carbonyl (C=O) groups is 2. The highest BCUT2D eigenvalue weighted by molar-refractivity contribution is 6.05. The molecule has 1 unspecified atom stereocenters. The molecule has 0 aromatic heterocycles. The monoisotopic (exact) mass is 237 g/mol. The van der Waals surface area contributed by atoms with Gasteiger partial charge in [0.1, 0.15) is 0 Å². The quantitative estimate of drug-likeness (QED) is 0.722. The minimum Gasteiger partial charge on any atom is -0.480 e. The smallest absolute Gasteiger partial charge is 0.328 e. The number of carbonyl (C=O) groups excluding carboxylic acids is 1. The molecule has 94 valence electrons. The maximum atomic E-state index is 12.3. The van der Waals surface area contributed by atoms with Gasteiger partial charge in [-0.1, -0.05) is 0 Å². The van der Waals surface area contributed by atoms with E-state index in [1.807, 2.05) is 0 Å². The molecular weight excluding hydrogens is 218 g/mol. The minimum atomic E-state index is -1.31. The summed E-state index contributed by atoms with van der Waals surface area (Å²) >= 11 is 0. The van der Waals surface area contributed by atoms with Gasteiger partial charge in [-0.2, -0.15) is 0 Å². The summed E-state index contributed by atoms with van der Waals surface area (Å²) in [5.74, 6) is 0.554. The standard InChI is InChI=1S/C13H19NO3/c14-10(12(16)17)11(15)13-4-7-1-8(5-13)3-9(2-7)6-13/h7-10H,1-6,14H2,(H,16,17). The zero-order chi connectivity index (χ0) is 12.2. The molecular formula is C13H19NO3. The lowest BCUT2D eigenvalue weighted by molar-refractivity contribution is -0.153. The van der Waals surface area contributed by atoms with Gasteiger partial charge in [0.15, 0.2) is 11.8 Å². The second-order valence-corrected chi connectivity index (χ2v) is 6.38. The molecule has 0 saturated heterocycles. The Kier molecular flexibility index (Phi) is 2.34. The first-order valence-corrected chi connectivity index (χ1v) is 6.53. The predicted octanol–water partition coefficient (Wildman–Crippen LogP) is 1.18. The number of carboxylic acid groups (broad SMARTS) is 1. The number of carboxylic acids is 1. The zero-order valence-corrected chi connectivity index (χ0v) is 9.89. The van der Waals surface area contributed by atoms with Gasteiger partial charge >= 0.3 is 5.97 Å². The lowest BCUT2D eigenvalue weighted by Gasteiger charge is -2.56. The van der Waals surface area contributed by atoms with Gasteiger partial charge in [0.2, 0.25) is 0 Å². The molecule has 0 aromatic carbocycles. The molecule has 17 heavy (non-hydrogen) atoms. The summed E-state index contributed by atoms with van der Waals surface area (Å²) in [7, 11) is 0. The average Bonchev–Trinajstić information content (AvgIpc) is 2.25. The minimum absolute atomic E-state index is 0.205. The van der Waals surface area contributed by atoms with Crippen LogP contribution in [0, 0.1) is 23.2 Å². The van der Waals surface area contributed by atoms with E-state index in [1.165, 1.54) is 19.3 Å². The van der Waals surface area contributed by atoms with Gasteiger partial charge in [-0.3, -0.25) is 9.59 Å². The summed E-state index contributed by atoms with van der Waals surface area (Å²) in [5.41, 5.74) is 5.15. The van der Waals surface area contributed by atoms with Gasteiger partial charge in [-0.05, 0) is 56.3 Å². The Balaban J connectivity index is 1.86. The number of aliphatic carboxylic acids is 1. The van der Waals surface area contributed by atoms with Gasteiger partial charge < -0.3 is 10.8 Å². The Labute approximate surface area is 101 Å². The van der Waals surface area contributed by atoms with E-state index in [9.17, 15) is 9.59 Å². The van der Waals surface area contributed by atoms with Crippen LogP contribution in [0.2, 0.25) is 0 Å². The van der Waals surface area contributed by atoms with Crippen LogP contribution in [0.25, 0.3) is 0 Å². The lowest BCUT2D eigenvalue weighted by atomic mass is 9.48. The van der Waals surface area contributed by atoms with Gasteiger partial charge in [0.25, 0.3) is 0 Å². The van der Waals surface area contributed by atoms with Gasteiger partial charge in [-0.15, -0.1) is 0 Å². The maximum absolute atomic E-state index is 12.3. The first-order chi connectivity index (χ1) is 8.00. The average molecular weight is 237 g/mol. The summed E-state index contributed by atoms with van der Waals surface area (Å²) < 4.78 is 0. The van der Waals surface area contributed by atoms with E-state index in [0.717, 1.165) is 19.3 Å². The molecule has 3 N–H and O–H groups in total. The Morgan fingerprint density at radius 1 is 1.06 bits per heavy atom. The number of ketones is 1. The van der Waals surface area contributed by atoms with E-state index in [0.29, 0.717) is 17.8 Å². The zero-order valence-electron chi connectivity index (χ0n) is 9.89. The second kappa shape index (κ2) is 3.55. The summed E-state index contributed by atoms with van der Waals surface area (Å²) in [6, 6.07) is -1.31. The number of hydrogen-bond acceptors (Lipinski definition) is 3. The third kappa shape index (κ3) is 1.61. The van der Waals surface area contributed by atoms with Crippen LogP contribution in [-0.4, -0.2) is 22.9 Å².